The Morgan fingerprint density at radius 1 is 1.15 bits per heavy atom. The van der Waals surface area contributed by atoms with Crippen molar-refractivity contribution in [3.05, 3.63) is 41.6 Å². The topological polar surface area (TPSA) is 86.4 Å². The Bertz CT molecular complexity index is 869. The van der Waals surface area contributed by atoms with E-state index in [0.717, 1.165) is 16.8 Å². The van der Waals surface area contributed by atoms with E-state index in [0.29, 0.717) is 38.4 Å². The summed E-state index contributed by atoms with van der Waals surface area (Å²) in [5.41, 5.74) is 3.14. The zero-order chi connectivity index (χ0) is 18.7. The molecule has 3 rings (SSSR count). The number of aromatic amines is 1. The van der Waals surface area contributed by atoms with Gasteiger partial charge in [0.15, 0.2) is 0 Å². The first-order valence-corrected chi connectivity index (χ1v) is 10.7. The molecule has 8 heteroatoms. The molecule has 1 fully saturated rings. The van der Waals surface area contributed by atoms with E-state index in [4.69, 9.17) is 0 Å². The van der Waals surface area contributed by atoms with Gasteiger partial charge in [-0.3, -0.25) is 14.8 Å². The summed E-state index contributed by atoms with van der Waals surface area (Å²) in [5.74, 6) is 0.0982. The van der Waals surface area contributed by atoms with E-state index in [1.165, 1.54) is 6.26 Å². The number of carbonyl (C=O) groups excluding carboxylic acids is 1. The quantitative estimate of drug-likeness (QED) is 0.847. The highest BCUT2D eigenvalue weighted by atomic mass is 32.2. The van der Waals surface area contributed by atoms with Gasteiger partial charge in [-0.1, -0.05) is 30.3 Å². The summed E-state index contributed by atoms with van der Waals surface area (Å²) in [6, 6.07) is 9.78. The number of H-pyrrole nitrogens is 1. The highest BCUT2D eigenvalue weighted by Gasteiger charge is 2.26. The van der Waals surface area contributed by atoms with Crippen LogP contribution < -0.4 is 0 Å². The molecule has 1 aromatic heterocycles. The van der Waals surface area contributed by atoms with Gasteiger partial charge >= 0.3 is 0 Å². The standard InChI is InChI=1S/C18H24N4O3S/c1-14-16(15-6-4-3-5-7-15)19-20-17(14)18(23)22-10-8-21(9-11-22)12-13-26(2,24)25/h3-7H,8-13H2,1-2H3,(H,19,20). The van der Waals surface area contributed by atoms with Crippen LogP contribution in [0.3, 0.4) is 0 Å². The van der Waals surface area contributed by atoms with Gasteiger partial charge in [0.25, 0.3) is 5.91 Å². The molecule has 140 valence electrons. The minimum Gasteiger partial charge on any atom is -0.335 e. The van der Waals surface area contributed by atoms with Gasteiger partial charge in [0.1, 0.15) is 15.5 Å². The summed E-state index contributed by atoms with van der Waals surface area (Å²) in [6.45, 7) is 4.95. The minimum absolute atomic E-state index is 0.0556. The first-order chi connectivity index (χ1) is 12.3. The average molecular weight is 376 g/mol. The molecular formula is C18H24N4O3S. The number of hydrogen-bond donors (Lipinski definition) is 1. The number of aromatic nitrogens is 2. The molecule has 0 atom stereocenters. The maximum absolute atomic E-state index is 12.8. The molecule has 1 aliphatic heterocycles. The van der Waals surface area contributed by atoms with Crippen LogP contribution in [0.5, 0.6) is 0 Å². The van der Waals surface area contributed by atoms with Crippen LogP contribution in [-0.4, -0.2) is 79.1 Å². The van der Waals surface area contributed by atoms with Crippen LogP contribution in [0, 0.1) is 6.92 Å². The lowest BCUT2D eigenvalue weighted by atomic mass is 10.1. The first kappa shape index (κ1) is 18.6. The molecule has 1 aromatic carbocycles. The predicted molar refractivity (Wildman–Crippen MR) is 101 cm³/mol. The Morgan fingerprint density at radius 3 is 2.42 bits per heavy atom. The fourth-order valence-electron chi connectivity index (χ4n) is 3.11. The summed E-state index contributed by atoms with van der Waals surface area (Å²) in [6.07, 6.45) is 1.25. The molecule has 0 saturated carbocycles. The Hall–Kier alpha value is -2.19. The van der Waals surface area contributed by atoms with Crippen molar-refractivity contribution in [3.8, 4) is 11.3 Å². The van der Waals surface area contributed by atoms with Crippen molar-refractivity contribution in [1.82, 2.24) is 20.0 Å². The summed E-state index contributed by atoms with van der Waals surface area (Å²) in [4.78, 5) is 16.7. The van der Waals surface area contributed by atoms with Crippen molar-refractivity contribution in [1.29, 1.82) is 0 Å². The van der Waals surface area contributed by atoms with Crippen molar-refractivity contribution >= 4 is 15.7 Å². The smallest absolute Gasteiger partial charge is 0.272 e. The second-order valence-electron chi connectivity index (χ2n) is 6.70. The number of carbonyl (C=O) groups is 1. The average Bonchev–Trinajstić information content (AvgIpc) is 3.01. The number of rotatable bonds is 5. The molecule has 1 amide bonds. The van der Waals surface area contributed by atoms with Crippen molar-refractivity contribution in [3.63, 3.8) is 0 Å². The molecule has 0 unspecified atom stereocenters. The molecule has 0 spiro atoms. The second-order valence-corrected chi connectivity index (χ2v) is 8.96. The fraction of sp³-hybridized carbons (Fsp3) is 0.444. The third kappa shape index (κ3) is 4.31. The molecule has 2 aromatic rings. The van der Waals surface area contributed by atoms with Gasteiger partial charge in [-0.15, -0.1) is 0 Å². The number of nitrogens with zero attached hydrogens (tertiary/aromatic N) is 3. The number of sulfone groups is 1. The highest BCUT2D eigenvalue weighted by Crippen LogP contribution is 2.23. The molecule has 7 nitrogen and oxygen atoms in total. The van der Waals surface area contributed by atoms with Gasteiger partial charge in [0.05, 0.1) is 11.4 Å². The highest BCUT2D eigenvalue weighted by molar-refractivity contribution is 7.90. The maximum Gasteiger partial charge on any atom is 0.272 e. The van der Waals surface area contributed by atoms with Crippen LogP contribution in [-0.2, 0) is 9.84 Å². The SMILES string of the molecule is Cc1c(-c2ccccc2)n[nH]c1C(=O)N1CCN(CCS(C)(=O)=O)CC1. The monoisotopic (exact) mass is 376 g/mol. The van der Waals surface area contributed by atoms with Gasteiger partial charge < -0.3 is 4.90 Å². The van der Waals surface area contributed by atoms with E-state index >= 15 is 0 Å². The molecule has 26 heavy (non-hydrogen) atoms. The van der Waals surface area contributed by atoms with Crippen molar-refractivity contribution in [2.24, 2.45) is 0 Å². The minimum atomic E-state index is -2.96. The zero-order valence-corrected chi connectivity index (χ0v) is 15.9. The number of piperazine rings is 1. The molecule has 0 aliphatic carbocycles. The number of nitrogens with one attached hydrogen (secondary N) is 1. The summed E-state index contributed by atoms with van der Waals surface area (Å²) in [7, 11) is -2.96. The number of benzene rings is 1. The molecule has 1 aliphatic rings. The van der Waals surface area contributed by atoms with Crippen molar-refractivity contribution in [2.75, 3.05) is 44.7 Å². The van der Waals surface area contributed by atoms with Crippen LogP contribution in [0.2, 0.25) is 0 Å². The molecular weight excluding hydrogens is 352 g/mol. The van der Waals surface area contributed by atoms with Crippen LogP contribution in [0.15, 0.2) is 30.3 Å². The van der Waals surface area contributed by atoms with E-state index in [2.05, 4.69) is 15.1 Å². The third-order valence-electron chi connectivity index (χ3n) is 4.71. The summed E-state index contributed by atoms with van der Waals surface area (Å²) in [5, 5.41) is 7.22. The molecule has 0 bridgehead atoms. The van der Waals surface area contributed by atoms with Crippen LogP contribution >= 0.6 is 0 Å². The number of amides is 1. The van der Waals surface area contributed by atoms with E-state index in [-0.39, 0.29) is 11.7 Å². The molecule has 1 N–H and O–H groups in total. The van der Waals surface area contributed by atoms with E-state index < -0.39 is 9.84 Å². The van der Waals surface area contributed by atoms with Crippen molar-refractivity contribution in [2.45, 2.75) is 6.92 Å². The Morgan fingerprint density at radius 2 is 1.81 bits per heavy atom. The Labute approximate surface area is 153 Å². The normalized spacial score (nSPS) is 16.0. The molecule has 2 heterocycles. The molecule has 0 radical (unpaired) electrons. The van der Waals surface area contributed by atoms with Gasteiger partial charge in [0.2, 0.25) is 0 Å². The Balaban J connectivity index is 1.64. The lowest BCUT2D eigenvalue weighted by molar-refractivity contribution is 0.0637. The van der Waals surface area contributed by atoms with Crippen molar-refractivity contribution < 1.29 is 13.2 Å². The molecule has 1 saturated heterocycles. The summed E-state index contributed by atoms with van der Waals surface area (Å²) < 4.78 is 22.6. The van der Waals surface area contributed by atoms with Crippen LogP contribution in [0.1, 0.15) is 16.1 Å². The second kappa shape index (κ2) is 7.59. The van der Waals surface area contributed by atoms with Gasteiger partial charge in [-0.2, -0.15) is 5.10 Å². The maximum atomic E-state index is 12.8. The predicted octanol–water partition coefficient (Wildman–Crippen LogP) is 1.19. The van der Waals surface area contributed by atoms with E-state index in [1.54, 1.807) is 4.90 Å². The van der Waals surface area contributed by atoms with E-state index in [9.17, 15) is 13.2 Å². The van der Waals surface area contributed by atoms with Crippen LogP contribution in [0.25, 0.3) is 11.3 Å². The zero-order valence-electron chi connectivity index (χ0n) is 15.1. The third-order valence-corrected chi connectivity index (χ3v) is 5.63. The van der Waals surface area contributed by atoms with Gasteiger partial charge in [-0.25, -0.2) is 8.42 Å². The lowest BCUT2D eigenvalue weighted by Crippen LogP contribution is -2.49. The van der Waals surface area contributed by atoms with Gasteiger partial charge in [0, 0.05) is 50.1 Å². The Kier molecular flexibility index (Phi) is 5.43. The first-order valence-electron chi connectivity index (χ1n) is 8.65. The fourth-order valence-corrected chi connectivity index (χ4v) is 3.70. The lowest BCUT2D eigenvalue weighted by Gasteiger charge is -2.34. The van der Waals surface area contributed by atoms with Gasteiger partial charge in [-0.05, 0) is 6.92 Å². The van der Waals surface area contributed by atoms with E-state index in [1.807, 2.05) is 37.3 Å². The number of hydrogen-bond acceptors (Lipinski definition) is 5. The summed E-state index contributed by atoms with van der Waals surface area (Å²) >= 11 is 0. The largest absolute Gasteiger partial charge is 0.335 e. The van der Waals surface area contributed by atoms with Crippen LogP contribution in [0.4, 0.5) is 0 Å².